The van der Waals surface area contributed by atoms with Gasteiger partial charge in [-0.25, -0.2) is 0 Å². The second kappa shape index (κ2) is 6.53. The van der Waals surface area contributed by atoms with Crippen molar-refractivity contribution in [1.82, 2.24) is 5.43 Å². The maximum atomic E-state index is 6.22. The molecule has 21 heavy (non-hydrogen) atoms. The summed E-state index contributed by atoms with van der Waals surface area (Å²) in [5.41, 5.74) is 5.14. The van der Waals surface area contributed by atoms with Crippen molar-refractivity contribution in [3.63, 3.8) is 0 Å². The average molecular weight is 313 g/mol. The Balaban J connectivity index is 2.27. The fraction of sp³-hybridized carbons (Fsp3) is 0.625. The Labute approximate surface area is 131 Å². The van der Waals surface area contributed by atoms with E-state index in [1.54, 1.807) is 7.11 Å². The molecule has 0 saturated carbocycles. The van der Waals surface area contributed by atoms with Crippen LogP contribution in [-0.4, -0.2) is 25.9 Å². The molecule has 0 radical (unpaired) electrons. The SMILES string of the molecule is COC(C(Cc1cc(Cl)cc2c1OCC2)NN)C(C)(C)C. The Kier molecular flexibility index (Phi) is 5.15. The Bertz CT molecular complexity index is 500. The third kappa shape index (κ3) is 3.69. The molecule has 0 bridgehead atoms. The minimum Gasteiger partial charge on any atom is -0.493 e. The zero-order valence-electron chi connectivity index (χ0n) is 13.2. The Morgan fingerprint density at radius 2 is 2.14 bits per heavy atom. The first-order valence-electron chi connectivity index (χ1n) is 7.30. The van der Waals surface area contributed by atoms with Crippen LogP contribution < -0.4 is 16.0 Å². The molecule has 3 N–H and O–H groups in total. The van der Waals surface area contributed by atoms with E-state index in [2.05, 4.69) is 26.2 Å². The summed E-state index contributed by atoms with van der Waals surface area (Å²) in [5.74, 6) is 6.73. The number of nitrogens with one attached hydrogen (secondary N) is 1. The van der Waals surface area contributed by atoms with Crippen molar-refractivity contribution in [3.05, 3.63) is 28.3 Å². The van der Waals surface area contributed by atoms with Crippen LogP contribution >= 0.6 is 11.6 Å². The number of hydrazine groups is 1. The van der Waals surface area contributed by atoms with Gasteiger partial charge in [-0.1, -0.05) is 32.4 Å². The van der Waals surface area contributed by atoms with E-state index in [9.17, 15) is 0 Å². The quantitative estimate of drug-likeness (QED) is 0.648. The van der Waals surface area contributed by atoms with Crippen LogP contribution in [0.3, 0.4) is 0 Å². The fourth-order valence-corrected chi connectivity index (χ4v) is 3.37. The molecule has 0 aliphatic carbocycles. The van der Waals surface area contributed by atoms with Gasteiger partial charge in [0.1, 0.15) is 5.75 Å². The molecular weight excluding hydrogens is 288 g/mol. The second-order valence-corrected chi connectivity index (χ2v) is 7.09. The van der Waals surface area contributed by atoms with Crippen molar-refractivity contribution in [1.29, 1.82) is 0 Å². The third-order valence-corrected chi connectivity index (χ3v) is 4.17. The molecule has 2 rings (SSSR count). The van der Waals surface area contributed by atoms with E-state index in [1.807, 2.05) is 12.1 Å². The lowest BCUT2D eigenvalue weighted by atomic mass is 9.82. The highest BCUT2D eigenvalue weighted by Crippen LogP contribution is 2.35. The van der Waals surface area contributed by atoms with E-state index in [4.69, 9.17) is 26.9 Å². The maximum Gasteiger partial charge on any atom is 0.125 e. The van der Waals surface area contributed by atoms with E-state index in [-0.39, 0.29) is 17.6 Å². The Morgan fingerprint density at radius 1 is 1.43 bits per heavy atom. The van der Waals surface area contributed by atoms with E-state index >= 15 is 0 Å². The van der Waals surface area contributed by atoms with Crippen LogP contribution in [0.4, 0.5) is 0 Å². The number of halogens is 1. The van der Waals surface area contributed by atoms with Gasteiger partial charge in [-0.05, 0) is 35.1 Å². The summed E-state index contributed by atoms with van der Waals surface area (Å²) in [6.07, 6.45) is 1.62. The third-order valence-electron chi connectivity index (χ3n) is 3.95. The van der Waals surface area contributed by atoms with Crippen LogP contribution in [0.5, 0.6) is 5.75 Å². The summed E-state index contributed by atoms with van der Waals surface area (Å²) < 4.78 is 11.4. The van der Waals surface area contributed by atoms with Gasteiger partial charge in [0.2, 0.25) is 0 Å². The second-order valence-electron chi connectivity index (χ2n) is 6.65. The normalized spacial score (nSPS) is 17.2. The Hall–Kier alpha value is -0.810. The molecule has 1 aromatic carbocycles. The minimum absolute atomic E-state index is 0.0123. The maximum absolute atomic E-state index is 6.22. The molecule has 1 aliphatic heterocycles. The summed E-state index contributed by atoms with van der Waals surface area (Å²) in [6.45, 7) is 7.15. The number of fused-ring (bicyclic) bond motifs is 1. The van der Waals surface area contributed by atoms with Crippen LogP contribution in [0.1, 0.15) is 31.9 Å². The van der Waals surface area contributed by atoms with Gasteiger partial charge >= 0.3 is 0 Å². The summed E-state index contributed by atoms with van der Waals surface area (Å²) in [5, 5.41) is 0.745. The number of hydrogen-bond donors (Lipinski definition) is 2. The lowest BCUT2D eigenvalue weighted by Gasteiger charge is -2.35. The zero-order valence-corrected chi connectivity index (χ0v) is 14.0. The van der Waals surface area contributed by atoms with Crippen LogP contribution in [0.2, 0.25) is 5.02 Å². The van der Waals surface area contributed by atoms with Gasteiger partial charge in [-0.3, -0.25) is 11.3 Å². The van der Waals surface area contributed by atoms with Crippen LogP contribution in [0.25, 0.3) is 0 Å². The van der Waals surface area contributed by atoms with Gasteiger partial charge in [-0.15, -0.1) is 0 Å². The summed E-state index contributed by atoms with van der Waals surface area (Å²) in [4.78, 5) is 0. The molecule has 0 spiro atoms. The largest absolute Gasteiger partial charge is 0.493 e. The summed E-state index contributed by atoms with van der Waals surface area (Å²) in [7, 11) is 1.72. The molecule has 2 atom stereocenters. The summed E-state index contributed by atoms with van der Waals surface area (Å²) in [6, 6.07) is 3.93. The molecule has 1 heterocycles. The van der Waals surface area contributed by atoms with E-state index in [0.717, 1.165) is 35.8 Å². The van der Waals surface area contributed by atoms with Crippen molar-refractivity contribution in [2.24, 2.45) is 11.3 Å². The molecule has 0 amide bonds. The van der Waals surface area contributed by atoms with E-state index in [1.165, 1.54) is 5.56 Å². The predicted molar refractivity (Wildman–Crippen MR) is 85.7 cm³/mol. The zero-order chi connectivity index (χ0) is 15.6. The lowest BCUT2D eigenvalue weighted by molar-refractivity contribution is -0.0111. The average Bonchev–Trinajstić information content (AvgIpc) is 2.84. The molecule has 0 fully saturated rings. The van der Waals surface area contributed by atoms with E-state index in [0.29, 0.717) is 0 Å². The first kappa shape index (κ1) is 16.6. The number of rotatable bonds is 5. The van der Waals surface area contributed by atoms with Crippen LogP contribution in [0, 0.1) is 5.41 Å². The Morgan fingerprint density at radius 3 is 2.71 bits per heavy atom. The standard InChI is InChI=1S/C16H25ClN2O2/c1-16(2,3)15(20-4)13(19-18)9-11-8-12(17)7-10-5-6-21-14(10)11/h7-8,13,15,19H,5-6,9,18H2,1-4H3. The van der Waals surface area contributed by atoms with Crippen molar-refractivity contribution in [2.45, 2.75) is 45.8 Å². The van der Waals surface area contributed by atoms with Crippen molar-refractivity contribution >= 4 is 11.6 Å². The number of methoxy groups -OCH3 is 1. The van der Waals surface area contributed by atoms with Gasteiger partial charge in [0, 0.05) is 18.6 Å². The van der Waals surface area contributed by atoms with Gasteiger partial charge in [0.05, 0.1) is 18.8 Å². The minimum atomic E-state index is -0.0195. The van der Waals surface area contributed by atoms with Crippen molar-refractivity contribution in [3.8, 4) is 5.75 Å². The molecule has 118 valence electrons. The fourth-order valence-electron chi connectivity index (χ4n) is 3.11. The highest BCUT2D eigenvalue weighted by atomic mass is 35.5. The smallest absolute Gasteiger partial charge is 0.125 e. The molecular formula is C16H25ClN2O2. The predicted octanol–water partition coefficient (Wildman–Crippen LogP) is 2.71. The monoisotopic (exact) mass is 312 g/mol. The number of hydrogen-bond acceptors (Lipinski definition) is 4. The van der Waals surface area contributed by atoms with E-state index < -0.39 is 0 Å². The lowest BCUT2D eigenvalue weighted by Crippen LogP contribution is -2.51. The van der Waals surface area contributed by atoms with Gasteiger partial charge in [0.25, 0.3) is 0 Å². The van der Waals surface area contributed by atoms with Crippen molar-refractivity contribution < 1.29 is 9.47 Å². The first-order chi connectivity index (χ1) is 9.86. The number of benzene rings is 1. The number of nitrogens with two attached hydrogens (primary N) is 1. The van der Waals surface area contributed by atoms with Gasteiger partial charge < -0.3 is 9.47 Å². The molecule has 2 unspecified atom stereocenters. The first-order valence-corrected chi connectivity index (χ1v) is 7.67. The highest BCUT2D eigenvalue weighted by molar-refractivity contribution is 6.30. The highest BCUT2D eigenvalue weighted by Gasteiger charge is 2.33. The van der Waals surface area contributed by atoms with Gasteiger partial charge in [0.15, 0.2) is 0 Å². The molecule has 0 aromatic heterocycles. The molecule has 1 aliphatic rings. The molecule has 1 aromatic rings. The molecule has 5 heteroatoms. The topological polar surface area (TPSA) is 56.5 Å². The van der Waals surface area contributed by atoms with Crippen LogP contribution in [0.15, 0.2) is 12.1 Å². The number of ether oxygens (including phenoxy) is 2. The molecule has 0 saturated heterocycles. The van der Waals surface area contributed by atoms with Crippen LogP contribution in [-0.2, 0) is 17.6 Å². The van der Waals surface area contributed by atoms with Gasteiger partial charge in [-0.2, -0.15) is 0 Å². The molecule has 4 nitrogen and oxygen atoms in total. The van der Waals surface area contributed by atoms with Crippen molar-refractivity contribution in [2.75, 3.05) is 13.7 Å². The summed E-state index contributed by atoms with van der Waals surface area (Å²) >= 11 is 6.22.